The summed E-state index contributed by atoms with van der Waals surface area (Å²) in [7, 11) is 0. The van der Waals surface area contributed by atoms with Crippen molar-refractivity contribution >= 4 is 22.7 Å². The number of hydrogen-bond donors (Lipinski definition) is 0. The summed E-state index contributed by atoms with van der Waals surface area (Å²) in [5.41, 5.74) is 4.78. The van der Waals surface area contributed by atoms with Gasteiger partial charge < -0.3 is 0 Å². The van der Waals surface area contributed by atoms with Crippen molar-refractivity contribution in [1.82, 2.24) is 19.9 Å². The molecule has 134 valence electrons. The van der Waals surface area contributed by atoms with Crippen LogP contribution in [0.5, 0.6) is 0 Å². The predicted octanol–water partition coefficient (Wildman–Crippen LogP) is 4.89. The summed E-state index contributed by atoms with van der Waals surface area (Å²) in [6.45, 7) is 2.93. The van der Waals surface area contributed by atoms with Crippen LogP contribution in [0.1, 0.15) is 16.1 Å². The first-order chi connectivity index (χ1) is 13.3. The second-order valence-electron chi connectivity index (χ2n) is 6.64. The van der Waals surface area contributed by atoms with E-state index in [0.717, 1.165) is 37.4 Å². The highest BCUT2D eigenvalue weighted by Crippen LogP contribution is 2.31. The quantitative estimate of drug-likeness (QED) is 0.498. The first-order valence-corrected chi connectivity index (χ1v) is 10.7. The lowest BCUT2D eigenvalue weighted by molar-refractivity contribution is 0.245. The molecule has 0 fully saturated rings. The second kappa shape index (κ2) is 7.31. The van der Waals surface area contributed by atoms with E-state index in [0.29, 0.717) is 0 Å². The van der Waals surface area contributed by atoms with Gasteiger partial charge in [0, 0.05) is 71.1 Å². The van der Waals surface area contributed by atoms with E-state index < -0.39 is 0 Å². The van der Waals surface area contributed by atoms with E-state index in [9.17, 15) is 0 Å². The number of rotatable bonds is 4. The average molecular weight is 391 g/mol. The minimum absolute atomic E-state index is 0.795. The Labute approximate surface area is 166 Å². The average Bonchev–Trinajstić information content (AvgIpc) is 3.40. The summed E-state index contributed by atoms with van der Waals surface area (Å²) < 4.78 is 0. The molecule has 4 aromatic rings. The number of pyridine rings is 1. The maximum absolute atomic E-state index is 4.80. The molecule has 4 nitrogen and oxygen atoms in total. The molecule has 0 aromatic carbocycles. The molecule has 0 bridgehead atoms. The SMILES string of the molecule is c1cc(-c2ncc3c(n2)CCN(Cc2ccc(-c4ccsc4)s2)C3)ccn1. The zero-order chi connectivity index (χ0) is 18.1. The largest absolute Gasteiger partial charge is 0.293 e. The molecule has 6 heteroatoms. The van der Waals surface area contributed by atoms with Crippen molar-refractivity contribution in [2.75, 3.05) is 6.54 Å². The molecule has 0 spiro atoms. The van der Waals surface area contributed by atoms with Gasteiger partial charge in [0.05, 0.1) is 5.69 Å². The van der Waals surface area contributed by atoms with Crippen LogP contribution in [0.3, 0.4) is 0 Å². The first-order valence-electron chi connectivity index (χ1n) is 8.94. The van der Waals surface area contributed by atoms with Gasteiger partial charge in [-0.15, -0.1) is 11.3 Å². The maximum atomic E-state index is 4.80. The monoisotopic (exact) mass is 390 g/mol. The third-order valence-electron chi connectivity index (χ3n) is 4.80. The molecule has 1 aliphatic rings. The van der Waals surface area contributed by atoms with E-state index in [4.69, 9.17) is 4.98 Å². The van der Waals surface area contributed by atoms with E-state index >= 15 is 0 Å². The number of fused-ring (bicyclic) bond motifs is 1. The fraction of sp³-hybridized carbons (Fsp3) is 0.190. The van der Waals surface area contributed by atoms with E-state index in [1.807, 2.05) is 29.7 Å². The third-order valence-corrected chi connectivity index (χ3v) is 6.60. The summed E-state index contributed by atoms with van der Waals surface area (Å²) in [4.78, 5) is 18.7. The first kappa shape index (κ1) is 16.7. The molecule has 0 aliphatic carbocycles. The zero-order valence-electron chi connectivity index (χ0n) is 14.7. The molecule has 5 rings (SSSR count). The van der Waals surface area contributed by atoms with Crippen molar-refractivity contribution in [3.05, 3.63) is 75.8 Å². The smallest absolute Gasteiger partial charge is 0.159 e. The zero-order valence-corrected chi connectivity index (χ0v) is 16.3. The molecule has 27 heavy (non-hydrogen) atoms. The van der Waals surface area contributed by atoms with Gasteiger partial charge in [-0.3, -0.25) is 9.88 Å². The number of thiophene rings is 2. The van der Waals surface area contributed by atoms with Gasteiger partial charge in [0.15, 0.2) is 5.82 Å². The molecule has 4 aromatic heterocycles. The Hall–Kier alpha value is -2.41. The van der Waals surface area contributed by atoms with Crippen LogP contribution in [0.2, 0.25) is 0 Å². The Morgan fingerprint density at radius 3 is 2.81 bits per heavy atom. The maximum Gasteiger partial charge on any atom is 0.159 e. The van der Waals surface area contributed by atoms with Crippen LogP contribution in [0.25, 0.3) is 21.8 Å². The Morgan fingerprint density at radius 2 is 1.96 bits per heavy atom. The van der Waals surface area contributed by atoms with E-state index in [1.165, 1.54) is 26.6 Å². The highest BCUT2D eigenvalue weighted by molar-refractivity contribution is 7.16. The molecule has 0 N–H and O–H groups in total. The second-order valence-corrected chi connectivity index (χ2v) is 8.59. The Kier molecular flexibility index (Phi) is 4.53. The molecule has 0 radical (unpaired) electrons. The minimum atomic E-state index is 0.795. The molecule has 0 saturated heterocycles. The van der Waals surface area contributed by atoms with Crippen LogP contribution in [0, 0.1) is 0 Å². The predicted molar refractivity (Wildman–Crippen MR) is 111 cm³/mol. The fourth-order valence-electron chi connectivity index (χ4n) is 3.39. The lowest BCUT2D eigenvalue weighted by Gasteiger charge is -2.27. The summed E-state index contributed by atoms with van der Waals surface area (Å²) in [6.07, 6.45) is 6.53. The van der Waals surface area contributed by atoms with Crippen LogP contribution in [0.15, 0.2) is 59.7 Å². The van der Waals surface area contributed by atoms with Crippen LogP contribution in [0.4, 0.5) is 0 Å². The summed E-state index contributed by atoms with van der Waals surface area (Å²) in [6, 6.07) is 10.6. The standard InChI is InChI=1S/C21H18N4S2/c1-2-20(16-6-10-26-14-16)27-18(1)13-25-9-5-19-17(12-25)11-23-21(24-19)15-3-7-22-8-4-15/h1-4,6-8,10-11,14H,5,9,12-13H2. The van der Waals surface area contributed by atoms with Gasteiger partial charge in [-0.1, -0.05) is 0 Å². The third kappa shape index (κ3) is 3.56. The van der Waals surface area contributed by atoms with E-state index in [1.54, 1.807) is 23.7 Å². The van der Waals surface area contributed by atoms with Crippen LogP contribution in [-0.2, 0) is 19.5 Å². The molecule has 0 amide bonds. The summed E-state index contributed by atoms with van der Waals surface area (Å²) >= 11 is 3.64. The number of nitrogens with zero attached hydrogens (tertiary/aromatic N) is 4. The van der Waals surface area contributed by atoms with Gasteiger partial charge in [-0.05, 0) is 41.1 Å². The van der Waals surface area contributed by atoms with Gasteiger partial charge in [-0.25, -0.2) is 9.97 Å². The summed E-state index contributed by atoms with van der Waals surface area (Å²) in [5, 5.41) is 4.35. The van der Waals surface area contributed by atoms with Crippen molar-refractivity contribution in [3.8, 4) is 21.8 Å². The van der Waals surface area contributed by atoms with Gasteiger partial charge in [0.25, 0.3) is 0 Å². The molecule has 0 saturated carbocycles. The molecular formula is C21H18N4S2. The van der Waals surface area contributed by atoms with Crippen LogP contribution < -0.4 is 0 Å². The van der Waals surface area contributed by atoms with Crippen molar-refractivity contribution in [2.24, 2.45) is 0 Å². The van der Waals surface area contributed by atoms with Crippen LogP contribution >= 0.6 is 22.7 Å². The highest BCUT2D eigenvalue weighted by atomic mass is 32.1. The van der Waals surface area contributed by atoms with Crippen molar-refractivity contribution in [3.63, 3.8) is 0 Å². The van der Waals surface area contributed by atoms with Crippen molar-refractivity contribution in [1.29, 1.82) is 0 Å². The van der Waals surface area contributed by atoms with Gasteiger partial charge in [0.1, 0.15) is 0 Å². The van der Waals surface area contributed by atoms with Crippen LogP contribution in [-0.4, -0.2) is 26.4 Å². The van der Waals surface area contributed by atoms with E-state index in [2.05, 4.69) is 43.8 Å². The topological polar surface area (TPSA) is 41.9 Å². The highest BCUT2D eigenvalue weighted by Gasteiger charge is 2.19. The Morgan fingerprint density at radius 1 is 1.04 bits per heavy atom. The fourth-order valence-corrected chi connectivity index (χ4v) is 5.17. The van der Waals surface area contributed by atoms with Crippen molar-refractivity contribution in [2.45, 2.75) is 19.5 Å². The lowest BCUT2D eigenvalue weighted by Crippen LogP contribution is -2.30. The molecule has 1 aliphatic heterocycles. The Bertz CT molecular complexity index is 1040. The molecule has 5 heterocycles. The summed E-state index contributed by atoms with van der Waals surface area (Å²) in [5.74, 6) is 0.795. The number of aromatic nitrogens is 3. The van der Waals surface area contributed by atoms with Gasteiger partial charge in [0.2, 0.25) is 0 Å². The minimum Gasteiger partial charge on any atom is -0.293 e. The van der Waals surface area contributed by atoms with Gasteiger partial charge in [-0.2, -0.15) is 11.3 Å². The lowest BCUT2D eigenvalue weighted by atomic mass is 10.1. The number of hydrogen-bond acceptors (Lipinski definition) is 6. The normalized spacial score (nSPS) is 14.2. The molecule has 0 atom stereocenters. The molecular weight excluding hydrogens is 372 g/mol. The van der Waals surface area contributed by atoms with Crippen molar-refractivity contribution < 1.29 is 0 Å². The van der Waals surface area contributed by atoms with E-state index in [-0.39, 0.29) is 0 Å². The molecule has 0 unspecified atom stereocenters. The van der Waals surface area contributed by atoms with Gasteiger partial charge >= 0.3 is 0 Å². The Balaban J connectivity index is 1.30.